The molecule has 0 saturated carbocycles. The van der Waals surface area contributed by atoms with Crippen molar-refractivity contribution in [3.63, 3.8) is 0 Å². The Morgan fingerprint density at radius 2 is 1.91 bits per heavy atom. The highest BCUT2D eigenvalue weighted by Gasteiger charge is 2.37. The summed E-state index contributed by atoms with van der Waals surface area (Å²) in [5.74, 6) is -1.75. The van der Waals surface area contributed by atoms with Gasteiger partial charge in [-0.1, -0.05) is 11.6 Å². The number of rotatable bonds is 4. The lowest BCUT2D eigenvalue weighted by Crippen LogP contribution is -2.25. The molecule has 12 heteroatoms. The highest BCUT2D eigenvalue weighted by Crippen LogP contribution is 2.32. The molecule has 2 aromatic heterocycles. The molecular weight excluding hydrogens is 461 g/mol. The normalized spacial score (nSPS) is 11.1. The number of carbonyl (C=O) groups is 2. The molecule has 2 amide bonds. The van der Waals surface area contributed by atoms with Gasteiger partial charge in [-0.3, -0.25) is 9.59 Å². The van der Waals surface area contributed by atoms with Crippen molar-refractivity contribution in [1.29, 1.82) is 5.26 Å². The molecule has 0 aliphatic heterocycles. The van der Waals surface area contributed by atoms with Crippen LogP contribution in [0.5, 0.6) is 0 Å². The number of hydrogen-bond donors (Lipinski definition) is 2. The van der Waals surface area contributed by atoms with Crippen LogP contribution in [0.25, 0.3) is 5.82 Å². The third kappa shape index (κ3) is 4.51. The zero-order valence-corrected chi connectivity index (χ0v) is 18.3. The van der Waals surface area contributed by atoms with Crippen molar-refractivity contribution in [2.75, 3.05) is 12.4 Å². The Morgan fingerprint density at radius 3 is 2.48 bits per heavy atom. The lowest BCUT2D eigenvalue weighted by atomic mass is 9.96. The van der Waals surface area contributed by atoms with Crippen LogP contribution in [0.2, 0.25) is 5.02 Å². The molecule has 2 heterocycles. The van der Waals surface area contributed by atoms with Crippen molar-refractivity contribution in [3.05, 3.63) is 69.1 Å². The van der Waals surface area contributed by atoms with Crippen molar-refractivity contribution in [2.24, 2.45) is 0 Å². The summed E-state index contributed by atoms with van der Waals surface area (Å²) in [5.41, 5.74) is -0.892. The van der Waals surface area contributed by atoms with E-state index in [0.717, 1.165) is 0 Å². The molecule has 0 fully saturated rings. The summed E-state index contributed by atoms with van der Waals surface area (Å²) in [6.45, 7) is 3.08. The van der Waals surface area contributed by atoms with Crippen LogP contribution < -0.4 is 10.6 Å². The predicted molar refractivity (Wildman–Crippen MR) is 113 cm³/mol. The standard InChI is InChI=1S/C21H16ClF3N6O2/c1-10-7-12(9-26)11(2)16(20(33)27-3)17(10)29-19(32)14-8-15(21(23,24)25)30-31(14)18-13(22)5-4-6-28-18/h4-8H,1-3H3,(H,27,33)(H,29,32). The van der Waals surface area contributed by atoms with Gasteiger partial charge in [0.1, 0.15) is 5.69 Å². The summed E-state index contributed by atoms with van der Waals surface area (Å²) >= 11 is 6.06. The van der Waals surface area contributed by atoms with Crippen molar-refractivity contribution in [1.82, 2.24) is 20.1 Å². The second-order valence-electron chi connectivity index (χ2n) is 6.89. The van der Waals surface area contributed by atoms with Gasteiger partial charge in [-0.2, -0.15) is 23.5 Å². The summed E-state index contributed by atoms with van der Waals surface area (Å²) in [6, 6.07) is 6.85. The summed E-state index contributed by atoms with van der Waals surface area (Å²) in [7, 11) is 1.37. The van der Waals surface area contributed by atoms with Gasteiger partial charge in [0.15, 0.2) is 11.5 Å². The number of carbonyl (C=O) groups excluding carboxylic acids is 2. The molecule has 33 heavy (non-hydrogen) atoms. The number of benzene rings is 1. The molecule has 3 aromatic rings. The first kappa shape index (κ1) is 23.7. The minimum atomic E-state index is -4.84. The zero-order valence-electron chi connectivity index (χ0n) is 17.5. The number of halogens is 4. The fourth-order valence-electron chi connectivity index (χ4n) is 3.16. The van der Waals surface area contributed by atoms with Crippen molar-refractivity contribution in [2.45, 2.75) is 20.0 Å². The molecule has 3 rings (SSSR count). The van der Waals surface area contributed by atoms with E-state index < -0.39 is 29.4 Å². The number of nitrogens with one attached hydrogen (secondary N) is 2. The van der Waals surface area contributed by atoms with Crippen molar-refractivity contribution < 1.29 is 22.8 Å². The number of amides is 2. The molecule has 0 bridgehead atoms. The summed E-state index contributed by atoms with van der Waals surface area (Å²) in [5, 5.41) is 17.7. The molecule has 2 N–H and O–H groups in total. The molecule has 0 aliphatic rings. The summed E-state index contributed by atoms with van der Waals surface area (Å²) in [6.07, 6.45) is -3.55. The van der Waals surface area contributed by atoms with Crippen molar-refractivity contribution in [3.8, 4) is 11.9 Å². The van der Waals surface area contributed by atoms with Crippen LogP contribution in [0.3, 0.4) is 0 Å². The molecule has 170 valence electrons. The van der Waals surface area contributed by atoms with E-state index in [0.29, 0.717) is 21.9 Å². The second-order valence-corrected chi connectivity index (χ2v) is 7.30. The van der Waals surface area contributed by atoms with Gasteiger partial charge >= 0.3 is 6.18 Å². The van der Waals surface area contributed by atoms with Crippen LogP contribution >= 0.6 is 11.6 Å². The van der Waals surface area contributed by atoms with Gasteiger partial charge in [0.05, 0.1) is 27.9 Å². The van der Waals surface area contributed by atoms with Gasteiger partial charge < -0.3 is 10.6 Å². The minimum absolute atomic E-state index is 0.0142. The molecule has 0 aliphatic carbocycles. The van der Waals surface area contributed by atoms with Crippen LogP contribution in [0.4, 0.5) is 18.9 Å². The first-order valence-corrected chi connectivity index (χ1v) is 9.73. The second kappa shape index (κ2) is 8.91. The maximum Gasteiger partial charge on any atom is 0.435 e. The average Bonchev–Trinajstić information content (AvgIpc) is 3.22. The highest BCUT2D eigenvalue weighted by atomic mass is 35.5. The molecule has 0 atom stereocenters. The van der Waals surface area contributed by atoms with E-state index in [4.69, 9.17) is 11.6 Å². The predicted octanol–water partition coefficient (Wildman–Crippen LogP) is 4.04. The van der Waals surface area contributed by atoms with Gasteiger partial charge in [0.25, 0.3) is 11.8 Å². The number of aromatic nitrogens is 3. The van der Waals surface area contributed by atoms with Gasteiger partial charge in [0.2, 0.25) is 0 Å². The molecule has 1 aromatic carbocycles. The van der Waals surface area contributed by atoms with Crippen LogP contribution in [-0.2, 0) is 6.18 Å². The van der Waals surface area contributed by atoms with E-state index in [1.807, 2.05) is 6.07 Å². The first-order valence-electron chi connectivity index (χ1n) is 9.35. The number of nitrogens with zero attached hydrogens (tertiary/aromatic N) is 4. The number of anilines is 1. The Morgan fingerprint density at radius 1 is 1.21 bits per heavy atom. The molecule has 0 spiro atoms. The SMILES string of the molecule is CNC(=O)c1c(C)c(C#N)cc(C)c1NC(=O)c1cc(C(F)(F)F)nn1-c1ncccc1Cl. The monoisotopic (exact) mass is 476 g/mol. The Bertz CT molecular complexity index is 1310. The highest BCUT2D eigenvalue weighted by molar-refractivity contribution is 6.32. The zero-order chi connectivity index (χ0) is 24.5. The van der Waals surface area contributed by atoms with E-state index in [1.54, 1.807) is 6.92 Å². The third-order valence-corrected chi connectivity index (χ3v) is 5.06. The first-order chi connectivity index (χ1) is 15.5. The van der Waals surface area contributed by atoms with E-state index in [9.17, 15) is 28.0 Å². The smallest absolute Gasteiger partial charge is 0.355 e. The van der Waals surface area contributed by atoms with E-state index >= 15 is 0 Å². The van der Waals surface area contributed by atoms with Crippen LogP contribution in [0.1, 0.15) is 43.2 Å². The Labute approximate surface area is 191 Å². The number of pyridine rings is 1. The molecule has 0 saturated heterocycles. The number of alkyl halides is 3. The average molecular weight is 477 g/mol. The fraction of sp³-hybridized carbons (Fsp3) is 0.190. The summed E-state index contributed by atoms with van der Waals surface area (Å²) < 4.78 is 40.8. The lowest BCUT2D eigenvalue weighted by Gasteiger charge is -2.17. The number of nitriles is 1. The van der Waals surface area contributed by atoms with Gasteiger partial charge in [-0.05, 0) is 43.2 Å². The van der Waals surface area contributed by atoms with Crippen molar-refractivity contribution >= 4 is 29.1 Å². The topological polar surface area (TPSA) is 113 Å². The Hall–Kier alpha value is -3.91. The van der Waals surface area contributed by atoms with Crippen LogP contribution in [-0.4, -0.2) is 33.6 Å². The fourth-order valence-corrected chi connectivity index (χ4v) is 3.36. The van der Waals surface area contributed by atoms with Gasteiger partial charge in [-0.25, -0.2) is 9.67 Å². The largest absolute Gasteiger partial charge is 0.435 e. The third-order valence-electron chi connectivity index (χ3n) is 4.77. The number of hydrogen-bond acceptors (Lipinski definition) is 5. The maximum absolute atomic E-state index is 13.4. The maximum atomic E-state index is 13.4. The molecular formula is C21H16ClF3N6O2. The summed E-state index contributed by atoms with van der Waals surface area (Å²) in [4.78, 5) is 29.6. The van der Waals surface area contributed by atoms with Gasteiger partial charge in [0, 0.05) is 19.3 Å². The molecule has 0 radical (unpaired) electrons. The van der Waals surface area contributed by atoms with E-state index in [2.05, 4.69) is 20.7 Å². The van der Waals surface area contributed by atoms with E-state index in [-0.39, 0.29) is 27.7 Å². The lowest BCUT2D eigenvalue weighted by molar-refractivity contribution is -0.141. The van der Waals surface area contributed by atoms with Crippen LogP contribution in [0.15, 0.2) is 30.5 Å². The molecule has 8 nitrogen and oxygen atoms in total. The number of aryl methyl sites for hydroxylation is 1. The Kier molecular flexibility index (Phi) is 6.41. The molecule has 0 unspecified atom stereocenters. The minimum Gasteiger partial charge on any atom is -0.355 e. The van der Waals surface area contributed by atoms with E-state index in [1.165, 1.54) is 38.4 Å². The van der Waals surface area contributed by atoms with Gasteiger partial charge in [-0.15, -0.1) is 0 Å². The Balaban J connectivity index is 2.18. The quantitative estimate of drug-likeness (QED) is 0.590. The van der Waals surface area contributed by atoms with Crippen LogP contribution in [0, 0.1) is 25.2 Å².